The molecule has 0 aliphatic rings. The maximum atomic E-state index is 11.1. The van der Waals surface area contributed by atoms with Crippen LogP contribution in [0.2, 0.25) is 0 Å². The van der Waals surface area contributed by atoms with Crippen LogP contribution >= 0.6 is 11.8 Å². The third-order valence-electron chi connectivity index (χ3n) is 3.54. The largest absolute Gasteiger partial charge is 0.507 e. The summed E-state index contributed by atoms with van der Waals surface area (Å²) >= 11 is 1.58. The Balaban J connectivity index is 3.44. The fourth-order valence-corrected chi connectivity index (χ4v) is 3.15. The van der Waals surface area contributed by atoms with Gasteiger partial charge in [0, 0.05) is 16.0 Å². The second kappa shape index (κ2) is 6.43. The molecule has 1 atom stereocenters. The molecule has 1 rings (SSSR count). The number of hydrogen-bond donors (Lipinski definition) is 1. The van der Waals surface area contributed by atoms with E-state index in [1.165, 1.54) is 0 Å². The first kappa shape index (κ1) is 18.1. The van der Waals surface area contributed by atoms with E-state index in [2.05, 4.69) is 41.5 Å². The Kier molecular flexibility index (Phi) is 5.54. The average Bonchev–Trinajstić information content (AvgIpc) is 2.34. The molecule has 0 bridgehead atoms. The molecular formula is C18H28O2S. The van der Waals surface area contributed by atoms with Gasteiger partial charge in [0.25, 0.3) is 0 Å². The number of aldehydes is 1. The van der Waals surface area contributed by atoms with Crippen molar-refractivity contribution in [1.82, 2.24) is 0 Å². The van der Waals surface area contributed by atoms with Crippen LogP contribution in [-0.2, 0) is 15.6 Å². The molecule has 0 saturated carbocycles. The van der Waals surface area contributed by atoms with Gasteiger partial charge in [0.15, 0.2) is 0 Å². The van der Waals surface area contributed by atoms with Crippen LogP contribution in [0.3, 0.4) is 0 Å². The highest BCUT2D eigenvalue weighted by molar-refractivity contribution is 8.00. The van der Waals surface area contributed by atoms with Gasteiger partial charge in [-0.3, -0.25) is 0 Å². The zero-order valence-electron chi connectivity index (χ0n) is 14.3. The molecule has 1 aromatic carbocycles. The van der Waals surface area contributed by atoms with Crippen molar-refractivity contribution in [1.29, 1.82) is 0 Å². The molecule has 1 N–H and O–H groups in total. The van der Waals surface area contributed by atoms with Gasteiger partial charge in [0.1, 0.15) is 12.0 Å². The summed E-state index contributed by atoms with van der Waals surface area (Å²) in [4.78, 5) is 12.2. The van der Waals surface area contributed by atoms with Crippen molar-refractivity contribution >= 4 is 18.0 Å². The highest BCUT2D eigenvalue weighted by Gasteiger charge is 2.27. The fourth-order valence-electron chi connectivity index (χ4n) is 2.20. The van der Waals surface area contributed by atoms with Gasteiger partial charge in [-0.2, -0.15) is 0 Å². The third kappa shape index (κ3) is 4.50. The normalized spacial score (nSPS) is 14.0. The van der Waals surface area contributed by atoms with Gasteiger partial charge in [-0.15, -0.1) is 11.8 Å². The average molecular weight is 308 g/mol. The van der Waals surface area contributed by atoms with Gasteiger partial charge < -0.3 is 9.90 Å². The zero-order chi connectivity index (χ0) is 16.4. The topological polar surface area (TPSA) is 37.3 Å². The summed E-state index contributed by atoms with van der Waals surface area (Å²) in [5.41, 5.74) is 1.61. The molecule has 0 spiro atoms. The Morgan fingerprint density at radius 3 is 1.81 bits per heavy atom. The van der Waals surface area contributed by atoms with Crippen molar-refractivity contribution in [3.8, 4) is 5.75 Å². The van der Waals surface area contributed by atoms with Gasteiger partial charge in [0.05, 0.1) is 5.25 Å². The van der Waals surface area contributed by atoms with E-state index < -0.39 is 0 Å². The van der Waals surface area contributed by atoms with E-state index in [-0.39, 0.29) is 16.1 Å². The van der Waals surface area contributed by atoms with E-state index in [1.54, 1.807) is 11.8 Å². The quantitative estimate of drug-likeness (QED) is 0.624. The van der Waals surface area contributed by atoms with Crippen molar-refractivity contribution in [2.24, 2.45) is 0 Å². The van der Waals surface area contributed by atoms with Gasteiger partial charge in [-0.1, -0.05) is 48.5 Å². The predicted octanol–water partition coefficient (Wildman–Crippen LogP) is 5.06. The lowest BCUT2D eigenvalue weighted by molar-refractivity contribution is -0.107. The minimum atomic E-state index is -0.135. The first-order valence-electron chi connectivity index (χ1n) is 7.50. The molecule has 0 aliphatic carbocycles. The van der Waals surface area contributed by atoms with Crippen LogP contribution < -0.4 is 0 Å². The molecule has 0 amide bonds. The van der Waals surface area contributed by atoms with Gasteiger partial charge in [0.2, 0.25) is 0 Å². The monoisotopic (exact) mass is 308 g/mol. The number of phenols is 1. The lowest BCUT2D eigenvalue weighted by atomic mass is 9.79. The number of carbonyl (C=O) groups is 1. The second-order valence-electron chi connectivity index (χ2n) is 7.57. The predicted molar refractivity (Wildman–Crippen MR) is 91.5 cm³/mol. The SMILES string of the molecule is CCC(C=O)Sc1cc(C(C)(C)C)c(O)c(C(C)(C)C)c1. The van der Waals surface area contributed by atoms with Crippen LogP contribution in [0.25, 0.3) is 0 Å². The summed E-state index contributed by atoms with van der Waals surface area (Å²) in [6.45, 7) is 14.6. The molecule has 0 heterocycles. The van der Waals surface area contributed by atoms with Crippen LogP contribution in [0.5, 0.6) is 5.75 Å². The minimum Gasteiger partial charge on any atom is -0.507 e. The maximum absolute atomic E-state index is 11.1. The Hall–Kier alpha value is -0.960. The Labute approximate surface area is 133 Å². The van der Waals surface area contributed by atoms with Gasteiger partial charge in [-0.05, 0) is 29.4 Å². The third-order valence-corrected chi connectivity index (χ3v) is 4.80. The van der Waals surface area contributed by atoms with E-state index in [0.717, 1.165) is 28.7 Å². The van der Waals surface area contributed by atoms with Crippen LogP contribution in [-0.4, -0.2) is 16.6 Å². The summed E-state index contributed by atoms with van der Waals surface area (Å²) in [6.07, 6.45) is 1.82. The highest BCUT2D eigenvalue weighted by atomic mass is 32.2. The molecule has 0 aliphatic heterocycles. The zero-order valence-corrected chi connectivity index (χ0v) is 15.1. The first-order chi connectivity index (χ1) is 9.50. The number of benzene rings is 1. The van der Waals surface area contributed by atoms with Crippen LogP contribution in [0.15, 0.2) is 17.0 Å². The van der Waals surface area contributed by atoms with E-state index in [9.17, 15) is 9.90 Å². The fraction of sp³-hybridized carbons (Fsp3) is 0.611. The highest BCUT2D eigenvalue weighted by Crippen LogP contribution is 2.42. The van der Waals surface area contributed by atoms with Crippen molar-refractivity contribution in [3.05, 3.63) is 23.3 Å². The van der Waals surface area contributed by atoms with E-state index in [1.807, 2.05) is 19.1 Å². The molecule has 0 aromatic heterocycles. The summed E-state index contributed by atoms with van der Waals surface area (Å²) in [7, 11) is 0. The lowest BCUT2D eigenvalue weighted by Gasteiger charge is -2.28. The number of aromatic hydroxyl groups is 1. The van der Waals surface area contributed by atoms with Crippen molar-refractivity contribution in [3.63, 3.8) is 0 Å². The Bertz CT molecular complexity index is 472. The molecule has 21 heavy (non-hydrogen) atoms. The smallest absolute Gasteiger partial charge is 0.133 e. The summed E-state index contributed by atoms with van der Waals surface area (Å²) < 4.78 is 0. The first-order valence-corrected chi connectivity index (χ1v) is 8.38. The summed E-state index contributed by atoms with van der Waals surface area (Å²) in [5.74, 6) is 0.388. The van der Waals surface area contributed by atoms with Crippen LogP contribution in [0.1, 0.15) is 66.0 Å². The number of hydrogen-bond acceptors (Lipinski definition) is 3. The lowest BCUT2D eigenvalue weighted by Crippen LogP contribution is -2.17. The molecular weight excluding hydrogens is 280 g/mol. The molecule has 0 radical (unpaired) electrons. The molecule has 3 heteroatoms. The van der Waals surface area contributed by atoms with Crippen molar-refractivity contribution in [2.75, 3.05) is 0 Å². The van der Waals surface area contributed by atoms with Crippen LogP contribution in [0.4, 0.5) is 0 Å². The van der Waals surface area contributed by atoms with Crippen molar-refractivity contribution in [2.45, 2.75) is 75.9 Å². The summed E-state index contributed by atoms with van der Waals surface area (Å²) in [6, 6.07) is 4.06. The van der Waals surface area contributed by atoms with E-state index in [4.69, 9.17) is 0 Å². The standard InChI is InChI=1S/C18H28O2S/c1-8-12(11-19)21-13-9-14(17(2,3)4)16(20)15(10-13)18(5,6)7/h9-12,20H,8H2,1-7H3. The maximum Gasteiger partial charge on any atom is 0.133 e. The van der Waals surface area contributed by atoms with E-state index in [0.29, 0.717) is 5.75 Å². The molecule has 0 saturated heterocycles. The Morgan fingerprint density at radius 2 is 1.52 bits per heavy atom. The molecule has 2 nitrogen and oxygen atoms in total. The minimum absolute atomic E-state index is 0.0322. The molecule has 0 fully saturated rings. The molecule has 118 valence electrons. The summed E-state index contributed by atoms with van der Waals surface area (Å²) in [5, 5.41) is 10.6. The number of rotatable bonds is 4. The van der Waals surface area contributed by atoms with Crippen LogP contribution in [0, 0.1) is 0 Å². The second-order valence-corrected chi connectivity index (χ2v) is 8.88. The Morgan fingerprint density at radius 1 is 1.10 bits per heavy atom. The number of carbonyl (C=O) groups excluding carboxylic acids is 1. The molecule has 1 unspecified atom stereocenters. The number of thioether (sulfide) groups is 1. The molecule has 1 aromatic rings. The van der Waals surface area contributed by atoms with E-state index >= 15 is 0 Å². The van der Waals surface area contributed by atoms with Gasteiger partial charge in [-0.25, -0.2) is 0 Å². The van der Waals surface area contributed by atoms with Crippen molar-refractivity contribution < 1.29 is 9.90 Å². The number of phenolic OH excluding ortho intramolecular Hbond substituents is 1. The van der Waals surface area contributed by atoms with Gasteiger partial charge >= 0.3 is 0 Å².